The number of carbonyl (C=O) groups is 1. The predicted octanol–water partition coefficient (Wildman–Crippen LogP) is 6.52. The highest BCUT2D eigenvalue weighted by atomic mass is 35.5. The fraction of sp³-hybridized carbons (Fsp3) is 0.276. The quantitative estimate of drug-likeness (QED) is 0.229. The SMILES string of the molecule is Cc1cc([C@@H](C)Nc2ccc(Cl)nc2C(=O)OC(C)(C)C)c2oc(-c3cncc(C#N)c3)c(C)c(=O)c2c1. The first-order valence-electron chi connectivity index (χ1n) is 12.0. The van der Waals surface area contributed by atoms with Crippen molar-refractivity contribution in [3.63, 3.8) is 0 Å². The third-order valence-electron chi connectivity index (χ3n) is 5.81. The van der Waals surface area contributed by atoms with Crippen LogP contribution in [0.5, 0.6) is 0 Å². The molecular formula is C29H27ClN4O4. The average Bonchev–Trinajstić information content (AvgIpc) is 2.86. The van der Waals surface area contributed by atoms with Crippen molar-refractivity contribution in [1.29, 1.82) is 5.26 Å². The molecule has 0 saturated carbocycles. The van der Waals surface area contributed by atoms with Gasteiger partial charge in [-0.05, 0) is 71.4 Å². The van der Waals surface area contributed by atoms with Crippen molar-refractivity contribution in [1.82, 2.24) is 9.97 Å². The molecule has 1 atom stereocenters. The van der Waals surface area contributed by atoms with Crippen LogP contribution < -0.4 is 10.7 Å². The number of anilines is 1. The topological polar surface area (TPSA) is 118 Å². The molecule has 0 aliphatic carbocycles. The fourth-order valence-corrected chi connectivity index (χ4v) is 4.28. The molecule has 4 aromatic rings. The molecule has 0 saturated heterocycles. The minimum atomic E-state index is -0.716. The maximum atomic E-state index is 13.4. The van der Waals surface area contributed by atoms with Crippen LogP contribution in [0.1, 0.15) is 66.5 Å². The summed E-state index contributed by atoms with van der Waals surface area (Å²) in [6, 6.07) is 10.2. The first kappa shape index (κ1) is 26.8. The number of rotatable bonds is 5. The van der Waals surface area contributed by atoms with Gasteiger partial charge in [0.05, 0.1) is 22.7 Å². The Morgan fingerprint density at radius 2 is 1.92 bits per heavy atom. The molecule has 0 fully saturated rings. The van der Waals surface area contributed by atoms with E-state index in [1.807, 2.05) is 19.9 Å². The monoisotopic (exact) mass is 530 g/mol. The molecule has 0 aliphatic heterocycles. The van der Waals surface area contributed by atoms with Gasteiger partial charge in [-0.3, -0.25) is 9.78 Å². The van der Waals surface area contributed by atoms with Crippen molar-refractivity contribution in [3.8, 4) is 17.4 Å². The number of benzene rings is 1. The second kappa shape index (κ2) is 10.3. The van der Waals surface area contributed by atoms with Gasteiger partial charge in [-0.15, -0.1) is 0 Å². The van der Waals surface area contributed by atoms with E-state index in [2.05, 4.69) is 21.4 Å². The molecular weight excluding hydrogens is 504 g/mol. The zero-order valence-electron chi connectivity index (χ0n) is 22.0. The van der Waals surface area contributed by atoms with E-state index in [-0.39, 0.29) is 16.3 Å². The zero-order valence-corrected chi connectivity index (χ0v) is 22.7. The summed E-state index contributed by atoms with van der Waals surface area (Å²) in [5.41, 5.74) is 2.85. The Hall–Kier alpha value is -4.22. The molecule has 0 aliphatic rings. The molecule has 0 radical (unpaired) electrons. The Bertz CT molecular complexity index is 1660. The molecule has 38 heavy (non-hydrogen) atoms. The van der Waals surface area contributed by atoms with Gasteiger partial charge in [0.2, 0.25) is 0 Å². The number of hydrogen-bond acceptors (Lipinski definition) is 8. The summed E-state index contributed by atoms with van der Waals surface area (Å²) in [4.78, 5) is 34.6. The number of aryl methyl sites for hydroxylation is 1. The van der Waals surface area contributed by atoms with Crippen LogP contribution in [0.4, 0.5) is 5.69 Å². The first-order chi connectivity index (χ1) is 17.9. The number of carbonyl (C=O) groups excluding carboxylic acids is 1. The Kier molecular flexibility index (Phi) is 7.25. The van der Waals surface area contributed by atoms with Gasteiger partial charge in [0, 0.05) is 29.1 Å². The highest BCUT2D eigenvalue weighted by Crippen LogP contribution is 2.33. The summed E-state index contributed by atoms with van der Waals surface area (Å²) >= 11 is 6.09. The summed E-state index contributed by atoms with van der Waals surface area (Å²) in [6.45, 7) is 10.8. The van der Waals surface area contributed by atoms with Gasteiger partial charge < -0.3 is 14.5 Å². The summed E-state index contributed by atoms with van der Waals surface area (Å²) in [7, 11) is 0. The van der Waals surface area contributed by atoms with Crippen LogP contribution in [0.3, 0.4) is 0 Å². The third-order valence-corrected chi connectivity index (χ3v) is 6.02. The smallest absolute Gasteiger partial charge is 0.359 e. The zero-order chi connectivity index (χ0) is 27.8. The number of nitriles is 1. The van der Waals surface area contributed by atoms with E-state index in [4.69, 9.17) is 20.8 Å². The van der Waals surface area contributed by atoms with Crippen LogP contribution in [-0.4, -0.2) is 21.5 Å². The van der Waals surface area contributed by atoms with Gasteiger partial charge in [0.1, 0.15) is 28.2 Å². The van der Waals surface area contributed by atoms with Crippen molar-refractivity contribution in [2.24, 2.45) is 0 Å². The number of aromatic nitrogens is 2. The number of fused-ring (bicyclic) bond motifs is 1. The van der Waals surface area contributed by atoms with Crippen molar-refractivity contribution in [2.75, 3.05) is 5.32 Å². The van der Waals surface area contributed by atoms with Gasteiger partial charge in [-0.2, -0.15) is 5.26 Å². The van der Waals surface area contributed by atoms with Crippen LogP contribution in [0.15, 0.2) is 51.9 Å². The Labute approximate surface area is 225 Å². The third kappa shape index (κ3) is 5.53. The maximum absolute atomic E-state index is 13.4. The number of nitrogens with zero attached hydrogens (tertiary/aromatic N) is 3. The molecule has 8 nitrogen and oxygen atoms in total. The van der Waals surface area contributed by atoms with Crippen LogP contribution in [0.25, 0.3) is 22.3 Å². The van der Waals surface area contributed by atoms with Crippen LogP contribution >= 0.6 is 11.6 Å². The molecule has 0 bridgehead atoms. The first-order valence-corrected chi connectivity index (χ1v) is 12.4. The number of nitrogens with one attached hydrogen (secondary N) is 1. The Balaban J connectivity index is 1.84. The number of hydrogen-bond donors (Lipinski definition) is 1. The van der Waals surface area contributed by atoms with E-state index in [1.165, 1.54) is 6.20 Å². The van der Waals surface area contributed by atoms with E-state index in [0.717, 1.165) is 5.56 Å². The molecule has 0 unspecified atom stereocenters. The Morgan fingerprint density at radius 1 is 1.18 bits per heavy atom. The van der Waals surface area contributed by atoms with Gasteiger partial charge in [0.15, 0.2) is 11.1 Å². The van der Waals surface area contributed by atoms with Crippen molar-refractivity contribution in [2.45, 2.75) is 53.2 Å². The lowest BCUT2D eigenvalue weighted by molar-refractivity contribution is 0.00640. The molecule has 194 valence electrons. The number of ether oxygens (including phenoxy) is 1. The number of halogens is 1. The molecule has 3 aromatic heterocycles. The molecule has 9 heteroatoms. The number of esters is 1. The molecule has 0 spiro atoms. The van der Waals surface area contributed by atoms with Crippen molar-refractivity contribution < 1.29 is 13.9 Å². The second-order valence-electron chi connectivity index (χ2n) is 10.1. The molecule has 1 N–H and O–H groups in total. The molecule has 4 rings (SSSR count). The van der Waals surface area contributed by atoms with E-state index in [9.17, 15) is 14.9 Å². The molecule has 0 amide bonds. The number of pyridine rings is 2. The summed E-state index contributed by atoms with van der Waals surface area (Å²) in [5.74, 6) is -0.273. The summed E-state index contributed by atoms with van der Waals surface area (Å²) in [5, 5.41) is 13.2. The molecule has 1 aromatic carbocycles. The highest BCUT2D eigenvalue weighted by molar-refractivity contribution is 6.29. The fourth-order valence-electron chi connectivity index (χ4n) is 4.13. The standard InChI is InChI=1S/C29H27ClN4O4/c1-15-9-20(17(3)33-22-7-8-23(30)34-24(22)28(36)38-29(4,5)6)27-21(10-15)25(35)16(2)26(37-27)19-11-18(12-31)13-32-14-19/h7-11,13-14,17,33H,1-6H3/t17-/m1/s1. The average molecular weight is 531 g/mol. The van der Waals surface area contributed by atoms with Gasteiger partial charge in [-0.1, -0.05) is 17.7 Å². The van der Waals surface area contributed by atoms with Crippen molar-refractivity contribution in [3.05, 3.63) is 86.0 Å². The predicted molar refractivity (Wildman–Crippen MR) is 146 cm³/mol. The minimum absolute atomic E-state index is 0.0496. The maximum Gasteiger partial charge on any atom is 0.359 e. The lowest BCUT2D eigenvalue weighted by Gasteiger charge is -2.22. The van der Waals surface area contributed by atoms with Gasteiger partial charge in [0.25, 0.3) is 0 Å². The van der Waals surface area contributed by atoms with E-state index in [0.29, 0.717) is 44.7 Å². The van der Waals surface area contributed by atoms with E-state index in [1.54, 1.807) is 58.2 Å². The normalized spacial score (nSPS) is 12.2. The van der Waals surface area contributed by atoms with Gasteiger partial charge >= 0.3 is 5.97 Å². The minimum Gasteiger partial charge on any atom is -0.455 e. The van der Waals surface area contributed by atoms with Crippen LogP contribution in [-0.2, 0) is 4.74 Å². The van der Waals surface area contributed by atoms with E-state index >= 15 is 0 Å². The lowest BCUT2D eigenvalue weighted by atomic mass is 9.99. The van der Waals surface area contributed by atoms with E-state index < -0.39 is 17.6 Å². The van der Waals surface area contributed by atoms with Crippen LogP contribution in [0.2, 0.25) is 5.15 Å². The highest BCUT2D eigenvalue weighted by Gasteiger charge is 2.24. The lowest BCUT2D eigenvalue weighted by Crippen LogP contribution is -2.25. The van der Waals surface area contributed by atoms with Gasteiger partial charge in [-0.25, -0.2) is 9.78 Å². The second-order valence-corrected chi connectivity index (χ2v) is 10.5. The van der Waals surface area contributed by atoms with Crippen LogP contribution in [0, 0.1) is 25.2 Å². The summed E-state index contributed by atoms with van der Waals surface area (Å²) in [6.07, 6.45) is 3.00. The summed E-state index contributed by atoms with van der Waals surface area (Å²) < 4.78 is 11.9. The Morgan fingerprint density at radius 3 is 2.61 bits per heavy atom. The largest absolute Gasteiger partial charge is 0.455 e. The van der Waals surface area contributed by atoms with Crippen molar-refractivity contribution >= 4 is 34.2 Å². The molecule has 3 heterocycles.